The van der Waals surface area contributed by atoms with Crippen LogP contribution >= 0.6 is 11.6 Å². The Balaban J connectivity index is 1.94. The molecule has 1 saturated carbocycles. The number of carbonyl (C=O) groups is 1. The lowest BCUT2D eigenvalue weighted by atomic mass is 9.85. The normalized spacial score (nSPS) is 26.3. The average molecular weight is 281 g/mol. The highest BCUT2D eigenvalue weighted by Gasteiger charge is 2.37. The van der Waals surface area contributed by atoms with Crippen molar-refractivity contribution < 1.29 is 9.90 Å². The maximum absolute atomic E-state index is 11.1. The number of halogens is 1. The van der Waals surface area contributed by atoms with E-state index in [0.29, 0.717) is 11.9 Å². The second-order valence-electron chi connectivity index (χ2n) is 5.40. The van der Waals surface area contributed by atoms with E-state index < -0.39 is 5.97 Å². The summed E-state index contributed by atoms with van der Waals surface area (Å²) >= 11 is 6.23. The van der Waals surface area contributed by atoms with Crippen molar-refractivity contribution in [2.75, 3.05) is 11.4 Å². The van der Waals surface area contributed by atoms with E-state index in [1.165, 1.54) is 38.2 Å². The van der Waals surface area contributed by atoms with Crippen molar-refractivity contribution in [3.8, 4) is 0 Å². The second-order valence-corrected chi connectivity index (χ2v) is 5.77. The van der Waals surface area contributed by atoms with Crippen molar-refractivity contribution in [3.05, 3.63) is 22.8 Å². The first-order valence-corrected chi connectivity index (χ1v) is 7.20. The summed E-state index contributed by atoms with van der Waals surface area (Å²) in [6, 6.07) is 1.95. The molecule has 0 aromatic carbocycles. The van der Waals surface area contributed by atoms with Crippen LogP contribution in [0.25, 0.3) is 0 Å². The van der Waals surface area contributed by atoms with Gasteiger partial charge in [-0.25, -0.2) is 9.78 Å². The fourth-order valence-corrected chi connectivity index (χ4v) is 3.77. The lowest BCUT2D eigenvalue weighted by Crippen LogP contribution is -2.35. The first-order chi connectivity index (χ1) is 9.18. The van der Waals surface area contributed by atoms with E-state index in [9.17, 15) is 4.79 Å². The van der Waals surface area contributed by atoms with Gasteiger partial charge in [-0.3, -0.25) is 0 Å². The fourth-order valence-electron chi connectivity index (χ4n) is 3.47. The number of hydrogen-bond acceptors (Lipinski definition) is 3. The van der Waals surface area contributed by atoms with Crippen LogP contribution in [-0.4, -0.2) is 28.6 Å². The van der Waals surface area contributed by atoms with Crippen LogP contribution in [0, 0.1) is 5.92 Å². The SMILES string of the molecule is O=C(O)c1ccnc(N2CCC3CCCCC32)c1Cl. The number of carboxylic acids is 1. The highest BCUT2D eigenvalue weighted by molar-refractivity contribution is 6.35. The first-order valence-electron chi connectivity index (χ1n) is 6.83. The van der Waals surface area contributed by atoms with E-state index in [1.807, 2.05) is 0 Å². The topological polar surface area (TPSA) is 53.4 Å². The predicted molar refractivity (Wildman–Crippen MR) is 73.9 cm³/mol. The molecule has 5 heteroatoms. The Kier molecular flexibility index (Phi) is 3.35. The van der Waals surface area contributed by atoms with Crippen molar-refractivity contribution in [3.63, 3.8) is 0 Å². The molecule has 3 rings (SSSR count). The number of aromatic carboxylic acids is 1. The smallest absolute Gasteiger partial charge is 0.337 e. The molecule has 2 atom stereocenters. The third-order valence-corrected chi connectivity index (χ3v) is 4.76. The summed E-state index contributed by atoms with van der Waals surface area (Å²) in [4.78, 5) is 17.7. The van der Waals surface area contributed by atoms with E-state index in [4.69, 9.17) is 16.7 Å². The Hall–Kier alpha value is -1.29. The molecule has 1 aliphatic heterocycles. The molecule has 2 unspecified atom stereocenters. The number of pyridine rings is 1. The number of rotatable bonds is 2. The molecular weight excluding hydrogens is 264 g/mol. The summed E-state index contributed by atoms with van der Waals surface area (Å²) in [6.07, 6.45) is 7.71. The van der Waals surface area contributed by atoms with Gasteiger partial charge in [0.2, 0.25) is 0 Å². The fraction of sp³-hybridized carbons (Fsp3) is 0.571. The molecule has 1 aromatic heterocycles. The molecule has 1 aromatic rings. The van der Waals surface area contributed by atoms with Gasteiger partial charge in [0.1, 0.15) is 5.82 Å². The van der Waals surface area contributed by atoms with Crippen molar-refractivity contribution in [1.29, 1.82) is 0 Å². The maximum Gasteiger partial charge on any atom is 0.337 e. The van der Waals surface area contributed by atoms with Gasteiger partial charge in [-0.05, 0) is 31.2 Å². The molecule has 1 N–H and O–H groups in total. The van der Waals surface area contributed by atoms with Gasteiger partial charge in [0.25, 0.3) is 0 Å². The van der Waals surface area contributed by atoms with Crippen molar-refractivity contribution in [1.82, 2.24) is 4.98 Å². The number of aromatic nitrogens is 1. The highest BCUT2D eigenvalue weighted by atomic mass is 35.5. The van der Waals surface area contributed by atoms with E-state index in [0.717, 1.165) is 12.5 Å². The molecular formula is C14H17ClN2O2. The lowest BCUT2D eigenvalue weighted by molar-refractivity contribution is 0.0697. The summed E-state index contributed by atoms with van der Waals surface area (Å²) in [6.45, 7) is 0.936. The van der Waals surface area contributed by atoms with Crippen LogP contribution < -0.4 is 4.90 Å². The van der Waals surface area contributed by atoms with Gasteiger partial charge in [0.15, 0.2) is 0 Å². The third kappa shape index (κ3) is 2.18. The summed E-state index contributed by atoms with van der Waals surface area (Å²) < 4.78 is 0. The van der Waals surface area contributed by atoms with Crippen LogP contribution in [0.1, 0.15) is 42.5 Å². The minimum absolute atomic E-state index is 0.144. The Labute approximate surface area is 117 Å². The zero-order valence-electron chi connectivity index (χ0n) is 10.7. The number of fused-ring (bicyclic) bond motifs is 1. The van der Waals surface area contributed by atoms with Crippen LogP contribution in [0.4, 0.5) is 5.82 Å². The monoisotopic (exact) mass is 280 g/mol. The van der Waals surface area contributed by atoms with Gasteiger partial charge < -0.3 is 10.0 Å². The van der Waals surface area contributed by atoms with Gasteiger partial charge >= 0.3 is 5.97 Å². The van der Waals surface area contributed by atoms with Gasteiger partial charge in [-0.1, -0.05) is 24.4 Å². The summed E-state index contributed by atoms with van der Waals surface area (Å²) in [7, 11) is 0. The van der Waals surface area contributed by atoms with E-state index in [2.05, 4.69) is 9.88 Å². The van der Waals surface area contributed by atoms with E-state index in [-0.39, 0.29) is 10.6 Å². The molecule has 0 amide bonds. The molecule has 0 spiro atoms. The quantitative estimate of drug-likeness (QED) is 0.904. The maximum atomic E-state index is 11.1. The Morgan fingerprint density at radius 2 is 2.16 bits per heavy atom. The van der Waals surface area contributed by atoms with Gasteiger partial charge in [0.05, 0.1) is 10.6 Å². The highest BCUT2D eigenvalue weighted by Crippen LogP contribution is 2.40. The van der Waals surface area contributed by atoms with Crippen LogP contribution in [0.15, 0.2) is 12.3 Å². The van der Waals surface area contributed by atoms with Gasteiger partial charge in [-0.2, -0.15) is 0 Å². The number of anilines is 1. The minimum atomic E-state index is -0.993. The Morgan fingerprint density at radius 1 is 1.37 bits per heavy atom. The van der Waals surface area contributed by atoms with Gasteiger partial charge in [0, 0.05) is 18.8 Å². The van der Waals surface area contributed by atoms with Gasteiger partial charge in [-0.15, -0.1) is 0 Å². The summed E-state index contributed by atoms with van der Waals surface area (Å²) in [5.74, 6) is 0.379. The molecule has 0 radical (unpaired) electrons. The Bertz CT molecular complexity index is 506. The number of hydrogen-bond donors (Lipinski definition) is 1. The summed E-state index contributed by atoms with van der Waals surface area (Å²) in [5, 5.41) is 9.41. The lowest BCUT2D eigenvalue weighted by Gasteiger charge is -2.32. The van der Waals surface area contributed by atoms with E-state index >= 15 is 0 Å². The Morgan fingerprint density at radius 3 is 2.95 bits per heavy atom. The van der Waals surface area contributed by atoms with Crippen LogP contribution in [0.5, 0.6) is 0 Å². The molecule has 0 bridgehead atoms. The molecule has 102 valence electrons. The molecule has 4 nitrogen and oxygen atoms in total. The van der Waals surface area contributed by atoms with Crippen LogP contribution in [-0.2, 0) is 0 Å². The van der Waals surface area contributed by atoms with Crippen LogP contribution in [0.3, 0.4) is 0 Å². The largest absolute Gasteiger partial charge is 0.478 e. The molecule has 2 aliphatic rings. The standard InChI is InChI=1S/C14H17ClN2O2/c15-12-10(14(18)19)5-7-16-13(12)17-8-6-9-3-1-2-4-11(9)17/h5,7,9,11H,1-4,6,8H2,(H,18,19). The molecule has 2 fully saturated rings. The zero-order valence-corrected chi connectivity index (χ0v) is 11.4. The van der Waals surface area contributed by atoms with Crippen molar-refractivity contribution >= 4 is 23.4 Å². The summed E-state index contributed by atoms with van der Waals surface area (Å²) in [5.41, 5.74) is 0.144. The molecule has 19 heavy (non-hydrogen) atoms. The zero-order chi connectivity index (χ0) is 13.4. The first kappa shape index (κ1) is 12.7. The van der Waals surface area contributed by atoms with E-state index in [1.54, 1.807) is 6.20 Å². The molecule has 1 aliphatic carbocycles. The third-order valence-electron chi connectivity index (χ3n) is 4.38. The second kappa shape index (κ2) is 5.00. The predicted octanol–water partition coefficient (Wildman–Crippen LogP) is 3.20. The molecule has 1 saturated heterocycles. The molecule has 2 heterocycles. The number of nitrogens with zero attached hydrogens (tertiary/aromatic N) is 2. The van der Waals surface area contributed by atoms with Crippen molar-refractivity contribution in [2.45, 2.75) is 38.1 Å². The number of carboxylic acid groups (broad SMARTS) is 1. The van der Waals surface area contributed by atoms with Crippen LogP contribution in [0.2, 0.25) is 5.02 Å². The van der Waals surface area contributed by atoms with Crippen molar-refractivity contribution in [2.24, 2.45) is 5.92 Å². The average Bonchev–Trinajstić information content (AvgIpc) is 2.82. The minimum Gasteiger partial charge on any atom is -0.478 e.